The summed E-state index contributed by atoms with van der Waals surface area (Å²) in [6, 6.07) is 15.6. The molecule has 0 atom stereocenters. The molecule has 0 saturated carbocycles. The minimum Gasteiger partial charge on any atom is -0.493 e. The molecule has 0 unspecified atom stereocenters. The van der Waals surface area contributed by atoms with Crippen LogP contribution in [0.3, 0.4) is 0 Å². The topological polar surface area (TPSA) is 66.2 Å². The van der Waals surface area contributed by atoms with Crippen LogP contribution in [0.1, 0.15) is 5.69 Å². The van der Waals surface area contributed by atoms with E-state index >= 15 is 0 Å². The fourth-order valence-electron chi connectivity index (χ4n) is 3.24. The van der Waals surface area contributed by atoms with E-state index in [1.54, 1.807) is 31.1 Å². The van der Waals surface area contributed by atoms with Crippen LogP contribution in [0.5, 0.6) is 11.5 Å². The molecule has 2 aromatic carbocycles. The molecule has 5 rings (SSSR count). The number of halogens is 1. The molecule has 0 aliphatic carbocycles. The van der Waals surface area contributed by atoms with Crippen molar-refractivity contribution in [3.63, 3.8) is 0 Å². The first-order valence-electron chi connectivity index (χ1n) is 9.58. The molecule has 9 heteroatoms. The van der Waals surface area contributed by atoms with Crippen molar-refractivity contribution in [3.05, 3.63) is 85.4 Å². The Kier molecular flexibility index (Phi) is 5.94. The summed E-state index contributed by atoms with van der Waals surface area (Å²) >= 11 is 5.25. The molecule has 3 aromatic heterocycles. The van der Waals surface area contributed by atoms with Gasteiger partial charge in [-0.2, -0.15) is 0 Å². The normalized spacial score (nSPS) is 11.1. The Morgan fingerprint density at radius 3 is 2.66 bits per heavy atom. The molecular formula is C23H16IN3O3S2. The summed E-state index contributed by atoms with van der Waals surface area (Å²) < 4.78 is 14.7. The molecule has 3 heterocycles. The Labute approximate surface area is 205 Å². The fourth-order valence-corrected chi connectivity index (χ4v) is 5.19. The summed E-state index contributed by atoms with van der Waals surface area (Å²) in [7, 11) is 1.58. The van der Waals surface area contributed by atoms with Gasteiger partial charge in [0.2, 0.25) is 0 Å². The predicted octanol–water partition coefficient (Wildman–Crippen LogP) is 5.76. The lowest BCUT2D eigenvalue weighted by Crippen LogP contribution is -2.17. The molecule has 6 nitrogen and oxygen atoms in total. The van der Waals surface area contributed by atoms with Crippen LogP contribution in [-0.2, 0) is 6.61 Å². The highest BCUT2D eigenvalue weighted by Crippen LogP contribution is 2.33. The van der Waals surface area contributed by atoms with Gasteiger partial charge >= 0.3 is 0 Å². The maximum Gasteiger partial charge on any atom is 0.275 e. The number of aromatic nitrogens is 3. The molecular weight excluding hydrogens is 557 g/mol. The Morgan fingerprint density at radius 1 is 1.06 bits per heavy atom. The second-order valence-electron chi connectivity index (χ2n) is 6.86. The average molecular weight is 573 g/mol. The highest BCUT2D eigenvalue weighted by Gasteiger charge is 2.14. The van der Waals surface area contributed by atoms with Gasteiger partial charge in [-0.05, 0) is 58.5 Å². The summed E-state index contributed by atoms with van der Waals surface area (Å²) in [6.07, 6.45) is 1.56. The molecule has 32 heavy (non-hydrogen) atoms. The SMILES string of the molecule is COc1cc(-n2cnc3cc(-c4ccc(I)cc4)sc3c2=O)ccc1OCc1cscn1. The number of hydrogen-bond donors (Lipinski definition) is 0. The second-order valence-corrected chi connectivity index (χ2v) is 9.87. The van der Waals surface area contributed by atoms with E-state index in [-0.39, 0.29) is 5.56 Å². The van der Waals surface area contributed by atoms with Crippen molar-refractivity contribution in [1.29, 1.82) is 0 Å². The van der Waals surface area contributed by atoms with Crippen molar-refractivity contribution in [1.82, 2.24) is 14.5 Å². The second kappa shape index (κ2) is 9.00. The van der Waals surface area contributed by atoms with Gasteiger partial charge in [0.15, 0.2) is 11.5 Å². The minimum absolute atomic E-state index is 0.116. The van der Waals surface area contributed by atoms with Crippen LogP contribution in [0, 0.1) is 3.57 Å². The van der Waals surface area contributed by atoms with Gasteiger partial charge in [-0.25, -0.2) is 9.97 Å². The monoisotopic (exact) mass is 573 g/mol. The van der Waals surface area contributed by atoms with E-state index in [2.05, 4.69) is 56.8 Å². The van der Waals surface area contributed by atoms with E-state index in [9.17, 15) is 4.79 Å². The number of hydrogen-bond acceptors (Lipinski definition) is 7. The van der Waals surface area contributed by atoms with Gasteiger partial charge in [0, 0.05) is 19.9 Å². The summed E-state index contributed by atoms with van der Waals surface area (Å²) in [6.45, 7) is 0.350. The van der Waals surface area contributed by atoms with Crippen molar-refractivity contribution < 1.29 is 9.47 Å². The van der Waals surface area contributed by atoms with Crippen LogP contribution in [0.2, 0.25) is 0 Å². The van der Waals surface area contributed by atoms with Gasteiger partial charge in [0.1, 0.15) is 17.6 Å². The first kappa shape index (κ1) is 21.1. The van der Waals surface area contributed by atoms with Gasteiger partial charge in [-0.1, -0.05) is 12.1 Å². The summed E-state index contributed by atoms with van der Waals surface area (Å²) in [4.78, 5) is 23.0. The summed E-state index contributed by atoms with van der Waals surface area (Å²) in [5.74, 6) is 1.12. The van der Waals surface area contributed by atoms with Crippen molar-refractivity contribution in [2.75, 3.05) is 7.11 Å². The van der Waals surface area contributed by atoms with Crippen LogP contribution in [0.4, 0.5) is 0 Å². The predicted molar refractivity (Wildman–Crippen MR) is 136 cm³/mol. The largest absolute Gasteiger partial charge is 0.493 e. The van der Waals surface area contributed by atoms with Crippen LogP contribution >= 0.6 is 45.3 Å². The lowest BCUT2D eigenvalue weighted by Gasteiger charge is -2.12. The first-order valence-corrected chi connectivity index (χ1v) is 12.4. The number of thiophene rings is 1. The maximum atomic E-state index is 13.2. The number of fused-ring (bicyclic) bond motifs is 1. The smallest absolute Gasteiger partial charge is 0.275 e. The van der Waals surface area contributed by atoms with Gasteiger partial charge in [-0.3, -0.25) is 9.36 Å². The van der Waals surface area contributed by atoms with Crippen LogP contribution in [-0.4, -0.2) is 21.6 Å². The number of methoxy groups -OCH3 is 1. The van der Waals surface area contributed by atoms with E-state index in [4.69, 9.17) is 9.47 Å². The molecule has 0 aliphatic heterocycles. The molecule has 0 N–H and O–H groups in total. The van der Waals surface area contributed by atoms with E-state index in [0.717, 1.165) is 16.1 Å². The molecule has 0 saturated heterocycles. The minimum atomic E-state index is -0.116. The average Bonchev–Trinajstić information content (AvgIpc) is 3.49. The third kappa shape index (κ3) is 4.15. The molecule has 0 radical (unpaired) electrons. The van der Waals surface area contributed by atoms with Crippen molar-refractivity contribution in [2.24, 2.45) is 0 Å². The lowest BCUT2D eigenvalue weighted by molar-refractivity contribution is 0.281. The molecule has 0 fully saturated rings. The van der Waals surface area contributed by atoms with Crippen LogP contribution in [0.25, 0.3) is 26.3 Å². The molecule has 0 aliphatic rings. The van der Waals surface area contributed by atoms with E-state index in [0.29, 0.717) is 34.0 Å². The van der Waals surface area contributed by atoms with Crippen molar-refractivity contribution in [3.8, 4) is 27.6 Å². The molecule has 0 spiro atoms. The number of benzene rings is 2. The fraction of sp³-hybridized carbons (Fsp3) is 0.0870. The Morgan fingerprint density at radius 2 is 1.91 bits per heavy atom. The zero-order valence-corrected chi connectivity index (χ0v) is 20.6. The highest BCUT2D eigenvalue weighted by molar-refractivity contribution is 14.1. The van der Waals surface area contributed by atoms with Gasteiger partial charge in [-0.15, -0.1) is 22.7 Å². The van der Waals surface area contributed by atoms with E-state index in [1.165, 1.54) is 30.8 Å². The lowest BCUT2D eigenvalue weighted by atomic mass is 10.2. The van der Waals surface area contributed by atoms with E-state index in [1.807, 2.05) is 17.5 Å². The zero-order valence-electron chi connectivity index (χ0n) is 16.8. The van der Waals surface area contributed by atoms with E-state index < -0.39 is 0 Å². The van der Waals surface area contributed by atoms with Crippen molar-refractivity contribution in [2.45, 2.75) is 6.61 Å². The molecule has 160 valence electrons. The summed E-state index contributed by atoms with van der Waals surface area (Å²) in [5.41, 5.74) is 4.93. The van der Waals surface area contributed by atoms with Crippen LogP contribution < -0.4 is 15.0 Å². The Bertz CT molecular complexity index is 1440. The number of ether oxygens (including phenoxy) is 2. The summed E-state index contributed by atoms with van der Waals surface area (Å²) in [5, 5.41) is 1.94. The van der Waals surface area contributed by atoms with Crippen LogP contribution in [0.15, 0.2) is 70.5 Å². The third-order valence-corrected chi connectivity index (χ3v) is 7.37. The molecule has 0 bridgehead atoms. The van der Waals surface area contributed by atoms with Gasteiger partial charge in [0.05, 0.1) is 29.5 Å². The maximum absolute atomic E-state index is 13.2. The Hall–Kier alpha value is -2.76. The third-order valence-electron chi connectivity index (χ3n) is 4.85. The van der Waals surface area contributed by atoms with Gasteiger partial charge in [0.25, 0.3) is 5.56 Å². The first-order chi connectivity index (χ1) is 15.6. The number of thiazole rings is 1. The van der Waals surface area contributed by atoms with Crippen molar-refractivity contribution >= 4 is 55.5 Å². The van der Waals surface area contributed by atoms with Gasteiger partial charge < -0.3 is 9.47 Å². The zero-order chi connectivity index (χ0) is 22.1. The number of rotatable bonds is 6. The molecule has 0 amide bonds. The Balaban J connectivity index is 1.49. The number of nitrogens with zero attached hydrogens (tertiary/aromatic N) is 3. The standard InChI is InChI=1S/C23H16IN3O3S2/c1-29-20-8-17(6-7-19(20)30-10-16-11-31-13-26-16)27-12-25-18-9-21(32-22(18)23(27)28)14-2-4-15(24)5-3-14/h2-9,11-13H,10H2,1H3. The quantitative estimate of drug-likeness (QED) is 0.242. The molecule has 5 aromatic rings. The highest BCUT2D eigenvalue weighted by atomic mass is 127.